The van der Waals surface area contributed by atoms with Crippen molar-refractivity contribution < 1.29 is 0 Å². The number of hydrogen-bond acceptors (Lipinski definition) is 2. The van der Waals surface area contributed by atoms with Crippen LogP contribution in [0.4, 0.5) is 0 Å². The predicted octanol–water partition coefficient (Wildman–Crippen LogP) is 4.81. The highest BCUT2D eigenvalue weighted by Gasteiger charge is 2.03. The lowest BCUT2D eigenvalue weighted by molar-refractivity contribution is 1.35. The first-order valence-electron chi connectivity index (χ1n) is 4.97. The Morgan fingerprint density at radius 1 is 1.06 bits per heavy atom. The van der Waals surface area contributed by atoms with Gasteiger partial charge < -0.3 is 0 Å². The molecule has 0 saturated carbocycles. The molecule has 0 saturated heterocycles. The van der Waals surface area contributed by atoms with Gasteiger partial charge in [0, 0.05) is 5.39 Å². The van der Waals surface area contributed by atoms with Crippen LogP contribution >= 0.6 is 33.9 Å². The molecule has 1 heterocycles. The van der Waals surface area contributed by atoms with Crippen molar-refractivity contribution in [1.82, 2.24) is 4.98 Å². The van der Waals surface area contributed by atoms with Gasteiger partial charge in [0.1, 0.15) is 0 Å². The van der Waals surface area contributed by atoms with Gasteiger partial charge in [0.15, 0.2) is 0 Å². The number of halogens is 1. The molecule has 0 unspecified atom stereocenters. The molecule has 0 bridgehead atoms. The van der Waals surface area contributed by atoms with Crippen LogP contribution in [0.5, 0.6) is 0 Å². The first-order chi connectivity index (χ1) is 7.84. The van der Waals surface area contributed by atoms with Crippen LogP contribution in [0.2, 0.25) is 0 Å². The molecule has 82 valence electrons. The molecule has 3 rings (SSSR count). The van der Waals surface area contributed by atoms with Crippen LogP contribution in [0.15, 0.2) is 36.4 Å². The fourth-order valence-electron chi connectivity index (χ4n) is 1.77. The highest BCUT2D eigenvalue weighted by atomic mass is 127. The third-order valence-corrected chi connectivity index (χ3v) is 3.33. The number of aryl methyl sites for hydroxylation is 1. The topological polar surface area (TPSA) is 12.9 Å². The van der Waals surface area contributed by atoms with E-state index < -0.39 is 0 Å². The third-order valence-electron chi connectivity index (χ3n) is 2.39. The van der Waals surface area contributed by atoms with Crippen molar-refractivity contribution in [2.75, 3.05) is 4.93 Å². The van der Waals surface area contributed by atoms with Crippen LogP contribution in [-0.4, -0.2) is 9.91 Å². The lowest BCUT2D eigenvalue weighted by atomic mass is 10.1. The summed E-state index contributed by atoms with van der Waals surface area (Å²) in [4.78, 5) is 6.53. The molecular weight excluding hydrogens is 329 g/mol. The lowest BCUT2D eigenvalue weighted by Gasteiger charge is -1.96. The highest BCUT2D eigenvalue weighted by molar-refractivity contribution is 14.1. The van der Waals surface area contributed by atoms with E-state index in [-0.39, 0.29) is 0 Å². The van der Waals surface area contributed by atoms with Crippen molar-refractivity contribution >= 4 is 54.9 Å². The summed E-state index contributed by atoms with van der Waals surface area (Å²) in [5, 5.41) is 3.66. The number of benzene rings is 2. The summed E-state index contributed by atoms with van der Waals surface area (Å²) < 4.78 is 1.28. The molecule has 3 aromatic rings. The van der Waals surface area contributed by atoms with Crippen LogP contribution in [0.25, 0.3) is 21.0 Å². The van der Waals surface area contributed by atoms with Gasteiger partial charge in [-0.3, -0.25) is 0 Å². The normalized spacial score (nSPS) is 10.2. The van der Waals surface area contributed by atoms with Crippen LogP contribution in [0.3, 0.4) is 0 Å². The van der Waals surface area contributed by atoms with Gasteiger partial charge >= 0.3 is 0 Å². The van der Waals surface area contributed by atoms with E-state index in [0.717, 1.165) is 10.5 Å². The number of nitrogens with zero attached hydrogens (tertiary/aromatic N) is 1. The molecule has 0 aliphatic heterocycles. The monoisotopic (exact) mass is 341 g/mol. The number of rotatable bonds is 0. The molecular formula is C13H12INS. The number of alkyl halides is 1. The summed E-state index contributed by atoms with van der Waals surface area (Å²) in [6.07, 6.45) is 0. The average molecular weight is 341 g/mol. The first kappa shape index (κ1) is 11.8. The van der Waals surface area contributed by atoms with Crippen LogP contribution in [0.1, 0.15) is 5.01 Å². The Morgan fingerprint density at radius 3 is 2.62 bits per heavy atom. The molecule has 2 aromatic carbocycles. The molecule has 0 aliphatic rings. The Labute approximate surface area is 113 Å². The fraction of sp³-hybridized carbons (Fsp3) is 0.154. The Hall–Kier alpha value is -0.680. The van der Waals surface area contributed by atoms with E-state index >= 15 is 0 Å². The second-order valence-corrected chi connectivity index (χ2v) is 4.60. The van der Waals surface area contributed by atoms with Crippen molar-refractivity contribution in [2.24, 2.45) is 0 Å². The Morgan fingerprint density at radius 2 is 1.81 bits per heavy atom. The first-order valence-corrected chi connectivity index (χ1v) is 7.95. The SMILES string of the molecule is CI.Cc1nc2c(ccc3ccccc32)s1. The van der Waals surface area contributed by atoms with Crippen molar-refractivity contribution in [3.63, 3.8) is 0 Å². The zero-order valence-electron chi connectivity index (χ0n) is 9.20. The van der Waals surface area contributed by atoms with E-state index in [1.807, 2.05) is 4.93 Å². The quantitative estimate of drug-likeness (QED) is 0.422. The van der Waals surface area contributed by atoms with Gasteiger partial charge in [-0.25, -0.2) is 4.98 Å². The Bertz CT molecular complexity index is 615. The lowest BCUT2D eigenvalue weighted by Crippen LogP contribution is -1.74. The molecule has 0 spiro atoms. The van der Waals surface area contributed by atoms with Gasteiger partial charge in [-0.15, -0.1) is 11.3 Å². The van der Waals surface area contributed by atoms with Gasteiger partial charge in [0.05, 0.1) is 15.2 Å². The van der Waals surface area contributed by atoms with Crippen LogP contribution in [0, 0.1) is 6.92 Å². The van der Waals surface area contributed by atoms with Crippen LogP contribution < -0.4 is 0 Å². The van der Waals surface area contributed by atoms with E-state index in [0.29, 0.717) is 0 Å². The molecule has 0 amide bonds. The standard InChI is InChI=1S/C12H9NS.CH3I/c1-8-13-12-10-5-3-2-4-9(10)6-7-11(12)14-8;1-2/h2-7H,1H3;1H3. The molecule has 16 heavy (non-hydrogen) atoms. The molecule has 0 aliphatic carbocycles. The zero-order valence-corrected chi connectivity index (χ0v) is 12.2. The van der Waals surface area contributed by atoms with Gasteiger partial charge in [-0.05, 0) is 23.3 Å². The molecule has 0 N–H and O–H groups in total. The second kappa shape index (κ2) is 5.10. The zero-order chi connectivity index (χ0) is 11.5. The summed E-state index contributed by atoms with van der Waals surface area (Å²) in [5.41, 5.74) is 1.14. The second-order valence-electron chi connectivity index (χ2n) is 3.37. The molecule has 0 fully saturated rings. The Balaban J connectivity index is 0.000000457. The molecule has 1 nitrogen and oxygen atoms in total. The molecule has 1 aromatic heterocycles. The number of hydrogen-bond donors (Lipinski definition) is 0. The summed E-state index contributed by atoms with van der Waals surface area (Å²) >= 11 is 3.91. The largest absolute Gasteiger partial charge is 0.241 e. The maximum atomic E-state index is 4.56. The highest BCUT2D eigenvalue weighted by Crippen LogP contribution is 2.28. The van der Waals surface area contributed by atoms with E-state index in [2.05, 4.69) is 70.9 Å². The summed E-state index contributed by atoms with van der Waals surface area (Å²) in [5.74, 6) is 0. The van der Waals surface area contributed by atoms with Gasteiger partial charge in [-0.2, -0.15) is 0 Å². The number of thiazole rings is 1. The number of fused-ring (bicyclic) bond motifs is 3. The van der Waals surface area contributed by atoms with Gasteiger partial charge in [-0.1, -0.05) is 52.9 Å². The minimum absolute atomic E-state index is 1.14. The minimum Gasteiger partial charge on any atom is -0.241 e. The van der Waals surface area contributed by atoms with E-state index in [1.54, 1.807) is 11.3 Å². The third kappa shape index (κ3) is 2.06. The Kier molecular flexibility index (Phi) is 3.76. The van der Waals surface area contributed by atoms with E-state index in [4.69, 9.17) is 0 Å². The summed E-state index contributed by atoms with van der Waals surface area (Å²) in [6, 6.07) is 12.7. The number of aromatic nitrogens is 1. The van der Waals surface area contributed by atoms with Gasteiger partial charge in [0.2, 0.25) is 0 Å². The van der Waals surface area contributed by atoms with Crippen molar-refractivity contribution in [3.8, 4) is 0 Å². The van der Waals surface area contributed by atoms with Crippen molar-refractivity contribution in [3.05, 3.63) is 41.4 Å². The minimum atomic E-state index is 1.14. The maximum absolute atomic E-state index is 4.56. The van der Waals surface area contributed by atoms with Crippen molar-refractivity contribution in [2.45, 2.75) is 6.92 Å². The summed E-state index contributed by atoms with van der Waals surface area (Å²) in [7, 11) is 0. The maximum Gasteiger partial charge on any atom is 0.0908 e. The average Bonchev–Trinajstić information content (AvgIpc) is 2.72. The molecule has 3 heteroatoms. The van der Waals surface area contributed by atoms with E-state index in [9.17, 15) is 0 Å². The predicted molar refractivity (Wildman–Crippen MR) is 81.8 cm³/mol. The smallest absolute Gasteiger partial charge is 0.0908 e. The van der Waals surface area contributed by atoms with Crippen LogP contribution in [-0.2, 0) is 0 Å². The van der Waals surface area contributed by atoms with E-state index in [1.165, 1.54) is 15.5 Å². The summed E-state index contributed by atoms with van der Waals surface area (Å²) in [6.45, 7) is 2.06. The molecule has 0 radical (unpaired) electrons. The van der Waals surface area contributed by atoms with Crippen molar-refractivity contribution in [1.29, 1.82) is 0 Å². The molecule has 0 atom stereocenters. The fourth-order valence-corrected chi connectivity index (χ4v) is 2.62. The van der Waals surface area contributed by atoms with Gasteiger partial charge in [0.25, 0.3) is 0 Å².